The number of hydrogen-bond donors (Lipinski definition) is 1. The van der Waals surface area contributed by atoms with Crippen molar-refractivity contribution >= 4 is 11.4 Å². The van der Waals surface area contributed by atoms with Crippen molar-refractivity contribution in [1.29, 1.82) is 0 Å². The van der Waals surface area contributed by atoms with E-state index in [4.69, 9.17) is 10.5 Å². The summed E-state index contributed by atoms with van der Waals surface area (Å²) in [6, 6.07) is 13.7. The second-order valence-corrected chi connectivity index (χ2v) is 4.54. The van der Waals surface area contributed by atoms with Gasteiger partial charge in [-0.3, -0.25) is 0 Å². The van der Waals surface area contributed by atoms with Crippen LogP contribution in [0.3, 0.4) is 0 Å². The Labute approximate surface area is 108 Å². The number of ether oxygens (including phenoxy) is 1. The van der Waals surface area contributed by atoms with Gasteiger partial charge in [-0.05, 0) is 36.8 Å². The predicted octanol–water partition coefficient (Wildman–Crippen LogP) is 3.44. The van der Waals surface area contributed by atoms with Crippen LogP contribution in [0.5, 0.6) is 11.5 Å². The number of benzene rings is 2. The molecule has 0 aliphatic carbocycles. The summed E-state index contributed by atoms with van der Waals surface area (Å²) in [6.07, 6.45) is 0. The topological polar surface area (TPSA) is 38.5 Å². The van der Waals surface area contributed by atoms with Crippen LogP contribution in [0.15, 0.2) is 42.5 Å². The first-order chi connectivity index (χ1) is 8.56. The number of rotatable bonds is 3. The summed E-state index contributed by atoms with van der Waals surface area (Å²) >= 11 is 0. The quantitative estimate of drug-likeness (QED) is 0.838. The van der Waals surface area contributed by atoms with E-state index in [0.29, 0.717) is 11.4 Å². The van der Waals surface area contributed by atoms with E-state index in [1.54, 1.807) is 0 Å². The summed E-state index contributed by atoms with van der Waals surface area (Å²) in [5.41, 5.74) is 8.77. The highest BCUT2D eigenvalue weighted by Gasteiger charge is 2.04. The predicted molar refractivity (Wildman–Crippen MR) is 76.4 cm³/mol. The summed E-state index contributed by atoms with van der Waals surface area (Å²) in [6.45, 7) is 2.02. The Kier molecular flexibility index (Phi) is 3.42. The molecule has 2 aromatic carbocycles. The van der Waals surface area contributed by atoms with Gasteiger partial charge in [-0.2, -0.15) is 0 Å². The largest absolute Gasteiger partial charge is 0.455 e. The molecule has 2 rings (SSSR count). The first-order valence-electron chi connectivity index (χ1n) is 5.87. The van der Waals surface area contributed by atoms with Crippen LogP contribution < -0.4 is 15.4 Å². The molecule has 0 saturated heterocycles. The van der Waals surface area contributed by atoms with Crippen molar-refractivity contribution in [2.24, 2.45) is 0 Å². The molecule has 0 spiro atoms. The second-order valence-electron chi connectivity index (χ2n) is 4.54. The summed E-state index contributed by atoms with van der Waals surface area (Å²) in [5.74, 6) is 1.49. The van der Waals surface area contributed by atoms with E-state index >= 15 is 0 Å². The Bertz CT molecular complexity index is 550. The fraction of sp³-hybridized carbons (Fsp3) is 0.200. The van der Waals surface area contributed by atoms with Gasteiger partial charge in [0.25, 0.3) is 0 Å². The zero-order valence-electron chi connectivity index (χ0n) is 11.0. The molecule has 0 radical (unpaired) electrons. The van der Waals surface area contributed by atoms with Crippen molar-refractivity contribution in [3.8, 4) is 11.5 Å². The maximum atomic E-state index is 5.90. The number of aryl methyl sites for hydroxylation is 1. The lowest BCUT2D eigenvalue weighted by atomic mass is 10.2. The standard InChI is InChI=1S/C15H18N2O/c1-11-7-8-14(16)15(9-11)18-13-6-4-5-12(10-13)17(2)3/h4-10H,16H2,1-3H3. The van der Waals surface area contributed by atoms with Crippen molar-refractivity contribution in [1.82, 2.24) is 0 Å². The van der Waals surface area contributed by atoms with Crippen molar-refractivity contribution in [2.45, 2.75) is 6.92 Å². The first kappa shape index (κ1) is 12.3. The third-order valence-electron chi connectivity index (χ3n) is 2.73. The van der Waals surface area contributed by atoms with Crippen LogP contribution in [0, 0.1) is 6.92 Å². The minimum absolute atomic E-state index is 0.649. The fourth-order valence-corrected chi connectivity index (χ4v) is 1.68. The van der Waals surface area contributed by atoms with E-state index in [-0.39, 0.29) is 0 Å². The van der Waals surface area contributed by atoms with Gasteiger partial charge < -0.3 is 15.4 Å². The van der Waals surface area contributed by atoms with Crippen molar-refractivity contribution in [3.63, 3.8) is 0 Å². The molecule has 3 nitrogen and oxygen atoms in total. The Balaban J connectivity index is 2.28. The average Bonchev–Trinajstić information content (AvgIpc) is 2.34. The average molecular weight is 242 g/mol. The monoisotopic (exact) mass is 242 g/mol. The van der Waals surface area contributed by atoms with E-state index in [1.807, 2.05) is 68.4 Å². The van der Waals surface area contributed by atoms with Gasteiger partial charge in [0, 0.05) is 25.8 Å². The maximum absolute atomic E-state index is 5.90. The fourth-order valence-electron chi connectivity index (χ4n) is 1.68. The molecule has 94 valence electrons. The second kappa shape index (κ2) is 5.00. The molecular weight excluding hydrogens is 224 g/mol. The maximum Gasteiger partial charge on any atom is 0.150 e. The third kappa shape index (κ3) is 2.74. The van der Waals surface area contributed by atoms with Gasteiger partial charge in [0.1, 0.15) is 5.75 Å². The van der Waals surface area contributed by atoms with Gasteiger partial charge in [0.2, 0.25) is 0 Å². The van der Waals surface area contributed by atoms with E-state index in [0.717, 1.165) is 17.0 Å². The Morgan fingerprint density at radius 3 is 2.56 bits per heavy atom. The van der Waals surface area contributed by atoms with Gasteiger partial charge in [0.15, 0.2) is 5.75 Å². The van der Waals surface area contributed by atoms with E-state index in [1.165, 1.54) is 0 Å². The van der Waals surface area contributed by atoms with Crippen LogP contribution in [-0.4, -0.2) is 14.1 Å². The Morgan fingerprint density at radius 1 is 1.06 bits per heavy atom. The molecule has 2 aromatic rings. The van der Waals surface area contributed by atoms with Crippen LogP contribution in [-0.2, 0) is 0 Å². The van der Waals surface area contributed by atoms with Gasteiger partial charge in [0.05, 0.1) is 5.69 Å². The lowest BCUT2D eigenvalue weighted by molar-refractivity contribution is 0.485. The van der Waals surface area contributed by atoms with Crippen LogP contribution in [0.1, 0.15) is 5.56 Å². The molecule has 0 heterocycles. The van der Waals surface area contributed by atoms with E-state index < -0.39 is 0 Å². The molecule has 3 heteroatoms. The number of anilines is 2. The Hall–Kier alpha value is -2.16. The molecule has 0 aliphatic rings. The molecule has 2 N–H and O–H groups in total. The van der Waals surface area contributed by atoms with Crippen LogP contribution >= 0.6 is 0 Å². The SMILES string of the molecule is Cc1ccc(N)c(Oc2cccc(N(C)C)c2)c1. The highest BCUT2D eigenvalue weighted by Crippen LogP contribution is 2.30. The van der Waals surface area contributed by atoms with Crippen molar-refractivity contribution in [2.75, 3.05) is 24.7 Å². The molecule has 0 saturated carbocycles. The highest BCUT2D eigenvalue weighted by molar-refractivity contribution is 5.57. The van der Waals surface area contributed by atoms with Gasteiger partial charge >= 0.3 is 0 Å². The molecule has 18 heavy (non-hydrogen) atoms. The zero-order chi connectivity index (χ0) is 13.1. The molecule has 0 fully saturated rings. The molecule has 0 bridgehead atoms. The lowest BCUT2D eigenvalue weighted by Crippen LogP contribution is -2.08. The summed E-state index contributed by atoms with van der Waals surface area (Å²) < 4.78 is 5.83. The van der Waals surface area contributed by atoms with Gasteiger partial charge in [-0.15, -0.1) is 0 Å². The molecule has 0 aliphatic heterocycles. The van der Waals surface area contributed by atoms with Crippen LogP contribution in [0.2, 0.25) is 0 Å². The van der Waals surface area contributed by atoms with Crippen molar-refractivity contribution in [3.05, 3.63) is 48.0 Å². The lowest BCUT2D eigenvalue weighted by Gasteiger charge is -2.14. The summed E-state index contributed by atoms with van der Waals surface area (Å²) in [4.78, 5) is 2.03. The molecule has 0 amide bonds. The smallest absolute Gasteiger partial charge is 0.150 e. The summed E-state index contributed by atoms with van der Waals surface area (Å²) in [5, 5.41) is 0. The highest BCUT2D eigenvalue weighted by atomic mass is 16.5. The molecular formula is C15H18N2O. The first-order valence-corrected chi connectivity index (χ1v) is 5.87. The minimum Gasteiger partial charge on any atom is -0.455 e. The number of nitrogens with zero attached hydrogens (tertiary/aromatic N) is 1. The van der Waals surface area contributed by atoms with Gasteiger partial charge in [-0.25, -0.2) is 0 Å². The number of hydrogen-bond acceptors (Lipinski definition) is 3. The van der Waals surface area contributed by atoms with Crippen molar-refractivity contribution < 1.29 is 4.74 Å². The molecule has 0 atom stereocenters. The van der Waals surface area contributed by atoms with Gasteiger partial charge in [-0.1, -0.05) is 12.1 Å². The minimum atomic E-state index is 0.649. The third-order valence-corrected chi connectivity index (χ3v) is 2.73. The molecule has 0 aromatic heterocycles. The zero-order valence-corrected chi connectivity index (χ0v) is 11.0. The molecule has 0 unspecified atom stereocenters. The van der Waals surface area contributed by atoms with Crippen LogP contribution in [0.4, 0.5) is 11.4 Å². The summed E-state index contributed by atoms with van der Waals surface area (Å²) in [7, 11) is 4.00. The normalized spacial score (nSPS) is 10.2. The van der Waals surface area contributed by atoms with E-state index in [9.17, 15) is 0 Å². The Morgan fingerprint density at radius 2 is 1.83 bits per heavy atom. The number of nitrogen functional groups attached to an aromatic ring is 1. The van der Waals surface area contributed by atoms with E-state index in [2.05, 4.69) is 0 Å². The number of nitrogens with two attached hydrogens (primary N) is 1. The van der Waals surface area contributed by atoms with Crippen LogP contribution in [0.25, 0.3) is 0 Å².